The number of hydrazine groups is 2. The zero-order chi connectivity index (χ0) is 31.3. The van der Waals surface area contributed by atoms with E-state index in [-0.39, 0.29) is 24.2 Å². The zero-order valence-corrected chi connectivity index (χ0v) is 25.5. The van der Waals surface area contributed by atoms with Crippen LogP contribution in [-0.2, 0) is 17.5 Å². The van der Waals surface area contributed by atoms with Gasteiger partial charge in [-0.1, -0.05) is 44.2 Å². The van der Waals surface area contributed by atoms with Crippen LogP contribution < -0.4 is 9.15 Å². The number of hydrogen-bond acceptors (Lipinski definition) is 6. The van der Waals surface area contributed by atoms with Gasteiger partial charge in [0.1, 0.15) is 17.5 Å². The van der Waals surface area contributed by atoms with Gasteiger partial charge in [-0.15, -0.1) is 0 Å². The minimum Gasteiger partial charge on any atom is -0.457 e. The van der Waals surface area contributed by atoms with Gasteiger partial charge >= 0.3 is 12.2 Å². The Hall–Kier alpha value is -3.90. The number of carbonyl (C=O) groups excluding carboxylic acids is 2. The summed E-state index contributed by atoms with van der Waals surface area (Å²) in [5, 5.41) is 4.54. The number of thiol groups is 1. The molecule has 0 fully saturated rings. The normalized spacial score (nSPS) is 14.8. The predicted molar refractivity (Wildman–Crippen MR) is 162 cm³/mol. The van der Waals surface area contributed by atoms with Crippen molar-refractivity contribution in [3.63, 3.8) is 0 Å². The molecule has 8 nitrogen and oxygen atoms in total. The van der Waals surface area contributed by atoms with Crippen LogP contribution in [0.3, 0.4) is 0 Å². The maximum absolute atomic E-state index is 14.3. The van der Waals surface area contributed by atoms with E-state index in [2.05, 4.69) is 12.8 Å². The Morgan fingerprint density at radius 2 is 1.47 bits per heavy atom. The molecular weight excluding hydrogens is 579 g/mol. The predicted octanol–water partition coefficient (Wildman–Crippen LogP) is 7.17. The van der Waals surface area contributed by atoms with Gasteiger partial charge < -0.3 is 9.64 Å². The number of rotatable bonds is 9. The number of urea groups is 1. The summed E-state index contributed by atoms with van der Waals surface area (Å²) in [4.78, 5) is 29.6. The van der Waals surface area contributed by atoms with Gasteiger partial charge in [0.25, 0.3) is 5.91 Å². The number of halogens is 3. The summed E-state index contributed by atoms with van der Waals surface area (Å²) in [5.41, 5.74) is 1.52. The number of para-hydroxylation sites is 1. The van der Waals surface area contributed by atoms with Crippen molar-refractivity contribution in [2.45, 2.75) is 45.5 Å². The van der Waals surface area contributed by atoms with E-state index in [1.807, 2.05) is 38.1 Å². The fraction of sp³-hybridized carbons (Fsp3) is 0.355. The highest BCUT2D eigenvalue weighted by Crippen LogP contribution is 2.41. The lowest BCUT2D eigenvalue weighted by atomic mass is 10.1. The molecule has 0 N–H and O–H groups in total. The minimum absolute atomic E-state index is 0.0901. The molecule has 1 aliphatic heterocycles. The molecule has 0 radical (unpaired) electrons. The van der Waals surface area contributed by atoms with Gasteiger partial charge in [0.05, 0.1) is 17.8 Å². The van der Waals surface area contributed by atoms with E-state index >= 15 is 0 Å². The molecule has 230 valence electrons. The van der Waals surface area contributed by atoms with E-state index in [1.54, 1.807) is 52.7 Å². The van der Waals surface area contributed by atoms with Crippen molar-refractivity contribution in [3.05, 3.63) is 89.5 Å². The van der Waals surface area contributed by atoms with Gasteiger partial charge in [-0.2, -0.15) is 18.2 Å². The quantitative estimate of drug-likeness (QED) is 0.204. The second-order valence-electron chi connectivity index (χ2n) is 10.3. The van der Waals surface area contributed by atoms with E-state index in [1.165, 1.54) is 22.2 Å². The standard InChI is InChI=1S/C31H36F3N5O3S/c1-5-19-37(20-6-2)30(41)36(4)38(29(40)28-26-9-7-8-10-27(26)39(43)35(28)3)21-22-11-15-24(16-12-22)42-25-17-13-23(14-18-25)31(32,33)34/h7-18,28,43H,5-6,19-21H2,1-4H3. The number of amides is 3. The van der Waals surface area contributed by atoms with Gasteiger partial charge in [-0.25, -0.2) is 19.2 Å². The van der Waals surface area contributed by atoms with Crippen molar-refractivity contribution in [1.82, 2.24) is 19.9 Å². The molecule has 3 aromatic rings. The smallest absolute Gasteiger partial charge is 0.416 e. The molecule has 43 heavy (non-hydrogen) atoms. The lowest BCUT2D eigenvalue weighted by Gasteiger charge is -2.38. The highest BCUT2D eigenvalue weighted by atomic mass is 32.1. The number of ether oxygens (including phenoxy) is 1. The molecule has 0 bridgehead atoms. The third kappa shape index (κ3) is 7.19. The van der Waals surface area contributed by atoms with E-state index in [9.17, 15) is 22.8 Å². The molecule has 3 aromatic carbocycles. The summed E-state index contributed by atoms with van der Waals surface area (Å²) in [5.74, 6) is 0.368. The number of benzene rings is 3. The molecule has 0 aliphatic carbocycles. The highest BCUT2D eigenvalue weighted by Gasteiger charge is 2.41. The van der Waals surface area contributed by atoms with Crippen molar-refractivity contribution in [1.29, 1.82) is 0 Å². The molecule has 0 saturated heterocycles. The van der Waals surface area contributed by atoms with Gasteiger partial charge in [0.15, 0.2) is 0 Å². The van der Waals surface area contributed by atoms with Crippen molar-refractivity contribution < 1.29 is 27.5 Å². The zero-order valence-electron chi connectivity index (χ0n) is 24.6. The van der Waals surface area contributed by atoms with Gasteiger partial charge in [-0.05, 0) is 73.7 Å². The van der Waals surface area contributed by atoms with Crippen LogP contribution in [0, 0.1) is 0 Å². The molecule has 1 heterocycles. The molecule has 0 saturated carbocycles. The summed E-state index contributed by atoms with van der Waals surface area (Å²) < 4.78 is 46.0. The highest BCUT2D eigenvalue weighted by molar-refractivity contribution is 7.81. The third-order valence-corrected chi connectivity index (χ3v) is 7.67. The second-order valence-corrected chi connectivity index (χ2v) is 10.7. The Balaban J connectivity index is 1.59. The maximum atomic E-state index is 14.3. The first-order valence-electron chi connectivity index (χ1n) is 14.0. The SMILES string of the molecule is CCCN(CCC)C(=O)N(C)N(Cc1ccc(Oc2ccc(C(F)(F)F)cc2)cc1)C(=O)C1c2ccccc2N(S)N1C. The Morgan fingerprint density at radius 1 is 0.907 bits per heavy atom. The molecule has 4 rings (SSSR count). The number of anilines is 1. The number of nitrogens with zero attached hydrogens (tertiary/aromatic N) is 5. The number of likely N-dealkylation sites (N-methyl/N-ethyl adjacent to an activating group) is 1. The Morgan fingerprint density at radius 3 is 2.02 bits per heavy atom. The maximum Gasteiger partial charge on any atom is 0.416 e. The van der Waals surface area contributed by atoms with Crippen molar-refractivity contribution in [3.8, 4) is 11.5 Å². The first-order valence-corrected chi connectivity index (χ1v) is 14.4. The van der Waals surface area contributed by atoms with E-state index in [0.717, 1.165) is 41.8 Å². The largest absolute Gasteiger partial charge is 0.457 e. The minimum atomic E-state index is -4.43. The number of fused-ring (bicyclic) bond motifs is 1. The number of carbonyl (C=O) groups is 2. The number of hydrogen-bond donors (Lipinski definition) is 1. The van der Waals surface area contributed by atoms with Crippen LogP contribution in [0.25, 0.3) is 0 Å². The average Bonchev–Trinajstić information content (AvgIpc) is 3.24. The third-order valence-electron chi connectivity index (χ3n) is 7.18. The van der Waals surface area contributed by atoms with Crippen LogP contribution in [-0.4, -0.2) is 59.0 Å². The lowest BCUT2D eigenvalue weighted by molar-refractivity contribution is -0.150. The molecule has 0 aromatic heterocycles. The second kappa shape index (κ2) is 13.6. The van der Waals surface area contributed by atoms with Crippen LogP contribution in [0.15, 0.2) is 72.8 Å². The molecule has 1 unspecified atom stereocenters. The molecule has 0 spiro atoms. The van der Waals surface area contributed by atoms with Crippen LogP contribution >= 0.6 is 12.8 Å². The Bertz CT molecular complexity index is 1400. The van der Waals surface area contributed by atoms with Gasteiger partial charge in [-0.3, -0.25) is 4.79 Å². The molecule has 12 heteroatoms. The van der Waals surface area contributed by atoms with E-state index < -0.39 is 17.8 Å². The van der Waals surface area contributed by atoms with Crippen molar-refractivity contribution >= 4 is 30.4 Å². The van der Waals surface area contributed by atoms with E-state index in [0.29, 0.717) is 18.8 Å². The van der Waals surface area contributed by atoms with Crippen LogP contribution in [0.4, 0.5) is 23.7 Å². The molecule has 1 atom stereocenters. The van der Waals surface area contributed by atoms with E-state index in [4.69, 9.17) is 4.74 Å². The lowest BCUT2D eigenvalue weighted by Crippen LogP contribution is -2.54. The van der Waals surface area contributed by atoms with Crippen molar-refractivity contribution in [2.75, 3.05) is 31.6 Å². The van der Waals surface area contributed by atoms with Gasteiger partial charge in [0.2, 0.25) is 0 Å². The summed E-state index contributed by atoms with van der Waals surface area (Å²) in [6, 6.07) is 17.8. The fourth-order valence-corrected chi connectivity index (χ4v) is 5.27. The van der Waals surface area contributed by atoms with Crippen molar-refractivity contribution in [2.24, 2.45) is 0 Å². The molecule has 1 aliphatic rings. The Kier molecular flexibility index (Phi) is 10.1. The summed E-state index contributed by atoms with van der Waals surface area (Å²) in [6.07, 6.45) is -2.87. The average molecular weight is 616 g/mol. The topological polar surface area (TPSA) is 59.6 Å². The first-order chi connectivity index (χ1) is 20.5. The summed E-state index contributed by atoms with van der Waals surface area (Å²) >= 11 is 4.57. The summed E-state index contributed by atoms with van der Waals surface area (Å²) in [6.45, 7) is 5.21. The Labute approximate surface area is 255 Å². The fourth-order valence-electron chi connectivity index (χ4n) is 4.98. The first kappa shape index (κ1) is 32.0. The van der Waals surface area contributed by atoms with Crippen LogP contribution in [0.5, 0.6) is 11.5 Å². The monoisotopic (exact) mass is 615 g/mol. The summed E-state index contributed by atoms with van der Waals surface area (Å²) in [7, 11) is 3.36. The number of alkyl halides is 3. The molecular formula is C31H36F3N5O3S. The van der Waals surface area contributed by atoms with Gasteiger partial charge in [0, 0.05) is 32.7 Å². The van der Waals surface area contributed by atoms with Crippen LogP contribution in [0.1, 0.15) is 49.4 Å². The molecule has 3 amide bonds. The van der Waals surface area contributed by atoms with Crippen LogP contribution in [0.2, 0.25) is 0 Å².